The van der Waals surface area contributed by atoms with Gasteiger partial charge in [0.05, 0.1) is 35.3 Å². The standard InChI is InChI=1S/C19H15Cl2N3O2/c1-26-17-8-6-12(20)10-16(17)23-13-7-9-18(22-11-13)24-19(25)14-4-2-3-5-15(14)21/h2-11,23H,1H3,(H,22,24,25). The number of benzene rings is 2. The summed E-state index contributed by atoms with van der Waals surface area (Å²) in [5.74, 6) is 0.754. The fraction of sp³-hybridized carbons (Fsp3) is 0.0526. The van der Waals surface area contributed by atoms with Crippen molar-refractivity contribution in [3.63, 3.8) is 0 Å². The lowest BCUT2D eigenvalue weighted by Crippen LogP contribution is -2.13. The largest absolute Gasteiger partial charge is 0.495 e. The molecule has 1 amide bonds. The van der Waals surface area contributed by atoms with Crippen molar-refractivity contribution >= 4 is 46.3 Å². The molecule has 0 radical (unpaired) electrons. The number of halogens is 2. The predicted octanol–water partition coefficient (Wildman–Crippen LogP) is 5.39. The van der Waals surface area contributed by atoms with Crippen molar-refractivity contribution in [1.29, 1.82) is 0 Å². The Balaban J connectivity index is 1.72. The van der Waals surface area contributed by atoms with Crippen LogP contribution in [0, 0.1) is 0 Å². The van der Waals surface area contributed by atoms with E-state index in [0.717, 1.165) is 11.4 Å². The van der Waals surface area contributed by atoms with Crippen LogP contribution in [0.25, 0.3) is 0 Å². The van der Waals surface area contributed by atoms with Gasteiger partial charge in [-0.15, -0.1) is 0 Å². The summed E-state index contributed by atoms with van der Waals surface area (Å²) in [5.41, 5.74) is 1.83. The Morgan fingerprint density at radius 1 is 1.08 bits per heavy atom. The number of nitrogens with zero attached hydrogens (tertiary/aromatic N) is 1. The Labute approximate surface area is 160 Å². The second kappa shape index (κ2) is 8.08. The van der Waals surface area contributed by atoms with Crippen LogP contribution in [-0.2, 0) is 0 Å². The van der Waals surface area contributed by atoms with Gasteiger partial charge >= 0.3 is 0 Å². The minimum Gasteiger partial charge on any atom is -0.495 e. The first-order valence-electron chi connectivity index (χ1n) is 7.69. The van der Waals surface area contributed by atoms with Gasteiger partial charge < -0.3 is 15.4 Å². The minimum atomic E-state index is -0.319. The van der Waals surface area contributed by atoms with Crippen molar-refractivity contribution < 1.29 is 9.53 Å². The van der Waals surface area contributed by atoms with E-state index < -0.39 is 0 Å². The molecule has 132 valence electrons. The molecule has 0 atom stereocenters. The summed E-state index contributed by atoms with van der Waals surface area (Å²) in [4.78, 5) is 16.5. The zero-order chi connectivity index (χ0) is 18.5. The van der Waals surface area contributed by atoms with Gasteiger partial charge in [-0.25, -0.2) is 4.98 Å². The summed E-state index contributed by atoms with van der Waals surface area (Å²) in [6.07, 6.45) is 1.60. The van der Waals surface area contributed by atoms with Crippen LogP contribution in [0.15, 0.2) is 60.8 Å². The predicted molar refractivity (Wildman–Crippen MR) is 105 cm³/mol. The molecule has 2 N–H and O–H groups in total. The van der Waals surface area contributed by atoms with Gasteiger partial charge in [-0.05, 0) is 42.5 Å². The molecule has 0 aliphatic carbocycles. The van der Waals surface area contributed by atoms with Gasteiger partial charge in [0.2, 0.25) is 0 Å². The molecule has 0 unspecified atom stereocenters. The number of hydrogen-bond donors (Lipinski definition) is 2. The molecule has 0 saturated carbocycles. The molecular weight excluding hydrogens is 373 g/mol. The molecule has 0 aliphatic rings. The van der Waals surface area contributed by atoms with E-state index in [1.165, 1.54) is 0 Å². The fourth-order valence-corrected chi connectivity index (χ4v) is 2.70. The van der Waals surface area contributed by atoms with E-state index in [2.05, 4.69) is 15.6 Å². The second-order valence-corrected chi connectivity index (χ2v) is 6.18. The van der Waals surface area contributed by atoms with Crippen LogP contribution in [0.4, 0.5) is 17.2 Å². The molecule has 1 aromatic heterocycles. The smallest absolute Gasteiger partial charge is 0.258 e. The fourth-order valence-electron chi connectivity index (χ4n) is 2.30. The molecular formula is C19H15Cl2N3O2. The lowest BCUT2D eigenvalue weighted by molar-refractivity contribution is 0.102. The van der Waals surface area contributed by atoms with E-state index in [0.29, 0.717) is 27.2 Å². The van der Waals surface area contributed by atoms with Gasteiger partial charge in [-0.3, -0.25) is 4.79 Å². The normalized spacial score (nSPS) is 10.3. The third-order valence-electron chi connectivity index (χ3n) is 3.56. The average Bonchev–Trinajstić information content (AvgIpc) is 2.64. The van der Waals surface area contributed by atoms with Crippen LogP contribution in [0.1, 0.15) is 10.4 Å². The highest BCUT2D eigenvalue weighted by Gasteiger charge is 2.10. The van der Waals surface area contributed by atoms with E-state index in [-0.39, 0.29) is 5.91 Å². The topological polar surface area (TPSA) is 63.2 Å². The maximum absolute atomic E-state index is 12.2. The Hall–Kier alpha value is -2.76. The van der Waals surface area contributed by atoms with Crippen LogP contribution >= 0.6 is 23.2 Å². The van der Waals surface area contributed by atoms with Crippen LogP contribution in [-0.4, -0.2) is 18.0 Å². The second-order valence-electron chi connectivity index (χ2n) is 5.34. The molecule has 0 saturated heterocycles. The first-order valence-corrected chi connectivity index (χ1v) is 8.45. The van der Waals surface area contributed by atoms with E-state index in [1.54, 1.807) is 67.9 Å². The quantitative estimate of drug-likeness (QED) is 0.615. The average molecular weight is 388 g/mol. The Morgan fingerprint density at radius 3 is 2.58 bits per heavy atom. The minimum absolute atomic E-state index is 0.319. The van der Waals surface area contributed by atoms with Crippen molar-refractivity contribution in [2.24, 2.45) is 0 Å². The highest BCUT2D eigenvalue weighted by molar-refractivity contribution is 6.34. The van der Waals surface area contributed by atoms with Crippen LogP contribution in [0.5, 0.6) is 5.75 Å². The van der Waals surface area contributed by atoms with Gasteiger partial charge in [0, 0.05) is 5.02 Å². The van der Waals surface area contributed by atoms with Crippen LogP contribution in [0.2, 0.25) is 10.0 Å². The van der Waals surface area contributed by atoms with E-state index in [9.17, 15) is 4.79 Å². The number of methoxy groups -OCH3 is 1. The van der Waals surface area contributed by atoms with Crippen molar-refractivity contribution in [2.45, 2.75) is 0 Å². The molecule has 3 aromatic rings. The zero-order valence-corrected chi connectivity index (χ0v) is 15.3. The van der Waals surface area contributed by atoms with E-state index >= 15 is 0 Å². The summed E-state index contributed by atoms with van der Waals surface area (Å²) in [6.45, 7) is 0. The molecule has 0 bridgehead atoms. The van der Waals surface area contributed by atoms with Gasteiger partial charge in [-0.2, -0.15) is 0 Å². The maximum atomic E-state index is 12.2. The number of amides is 1. The summed E-state index contributed by atoms with van der Waals surface area (Å²) in [6, 6.07) is 15.6. The number of nitrogens with one attached hydrogen (secondary N) is 2. The number of carbonyl (C=O) groups excluding carboxylic acids is 1. The highest BCUT2D eigenvalue weighted by Crippen LogP contribution is 2.30. The van der Waals surface area contributed by atoms with Crippen molar-refractivity contribution in [1.82, 2.24) is 4.98 Å². The van der Waals surface area contributed by atoms with Crippen molar-refractivity contribution in [2.75, 3.05) is 17.7 Å². The SMILES string of the molecule is COc1ccc(Cl)cc1Nc1ccc(NC(=O)c2ccccc2Cl)nc1. The van der Waals surface area contributed by atoms with E-state index in [1.807, 2.05) is 0 Å². The molecule has 5 nitrogen and oxygen atoms in total. The number of hydrogen-bond acceptors (Lipinski definition) is 4. The van der Waals surface area contributed by atoms with Gasteiger partial charge in [0.15, 0.2) is 0 Å². The molecule has 7 heteroatoms. The number of rotatable bonds is 5. The lowest BCUT2D eigenvalue weighted by Gasteiger charge is -2.12. The first kappa shape index (κ1) is 18.0. The number of aromatic nitrogens is 1. The number of carbonyl (C=O) groups is 1. The number of ether oxygens (including phenoxy) is 1. The number of pyridine rings is 1. The van der Waals surface area contributed by atoms with Crippen LogP contribution < -0.4 is 15.4 Å². The van der Waals surface area contributed by atoms with Crippen molar-refractivity contribution in [3.05, 3.63) is 76.4 Å². The van der Waals surface area contributed by atoms with Gasteiger partial charge in [0.1, 0.15) is 11.6 Å². The lowest BCUT2D eigenvalue weighted by atomic mass is 10.2. The molecule has 3 rings (SSSR count). The first-order chi connectivity index (χ1) is 12.6. The number of anilines is 3. The molecule has 0 fully saturated rings. The van der Waals surface area contributed by atoms with E-state index in [4.69, 9.17) is 27.9 Å². The molecule has 0 aliphatic heterocycles. The van der Waals surface area contributed by atoms with Gasteiger partial charge in [-0.1, -0.05) is 35.3 Å². The zero-order valence-electron chi connectivity index (χ0n) is 13.8. The molecule has 1 heterocycles. The summed E-state index contributed by atoms with van der Waals surface area (Å²) in [5, 5.41) is 6.87. The third kappa shape index (κ3) is 4.25. The molecule has 26 heavy (non-hydrogen) atoms. The van der Waals surface area contributed by atoms with Crippen molar-refractivity contribution in [3.8, 4) is 5.75 Å². The third-order valence-corrected chi connectivity index (χ3v) is 4.13. The summed E-state index contributed by atoms with van der Waals surface area (Å²) >= 11 is 12.1. The maximum Gasteiger partial charge on any atom is 0.258 e. The monoisotopic (exact) mass is 387 g/mol. The Kier molecular flexibility index (Phi) is 5.61. The summed E-state index contributed by atoms with van der Waals surface area (Å²) < 4.78 is 5.30. The molecule has 0 spiro atoms. The summed E-state index contributed by atoms with van der Waals surface area (Å²) in [7, 11) is 1.58. The Bertz CT molecular complexity index is 930. The van der Waals surface area contributed by atoms with Crippen LogP contribution in [0.3, 0.4) is 0 Å². The van der Waals surface area contributed by atoms with Gasteiger partial charge in [0.25, 0.3) is 5.91 Å². The highest BCUT2D eigenvalue weighted by atomic mass is 35.5. The molecule has 2 aromatic carbocycles. The Morgan fingerprint density at radius 2 is 1.88 bits per heavy atom.